The molecule has 0 aliphatic rings. The topological polar surface area (TPSA) is 98.7 Å². The number of esters is 1. The van der Waals surface area contributed by atoms with Crippen molar-refractivity contribution in [1.82, 2.24) is 4.90 Å². The molecule has 2 N–H and O–H groups in total. The molecule has 0 saturated carbocycles. The Balaban J connectivity index is 3.45. The summed E-state index contributed by atoms with van der Waals surface area (Å²) in [5.41, 5.74) is 5.44. The van der Waals surface area contributed by atoms with Gasteiger partial charge in [0.2, 0.25) is 0 Å². The Labute approximate surface area is 116 Å². The first-order valence-electron chi connectivity index (χ1n) is 5.97. The van der Waals surface area contributed by atoms with Gasteiger partial charge in [0, 0.05) is 14.1 Å². The molecular formula is C13H17N3O4. The lowest BCUT2D eigenvalue weighted by molar-refractivity contribution is -0.385. The highest BCUT2D eigenvalue weighted by molar-refractivity contribution is 6.01. The minimum Gasteiger partial charge on any atom is -0.462 e. The van der Waals surface area contributed by atoms with Crippen molar-refractivity contribution in [3.05, 3.63) is 39.6 Å². The number of hydrogen-bond acceptors (Lipinski definition) is 6. The van der Waals surface area contributed by atoms with Crippen molar-refractivity contribution < 1.29 is 14.5 Å². The Morgan fingerprint density at radius 2 is 2.15 bits per heavy atom. The van der Waals surface area contributed by atoms with Crippen molar-refractivity contribution in [2.24, 2.45) is 0 Å². The molecule has 108 valence electrons. The normalized spacial score (nSPS) is 10.6. The molecule has 0 atom stereocenters. The maximum Gasteiger partial charge on any atom is 0.347 e. The number of carbonyl (C=O) groups excluding carboxylic acids is 1. The minimum atomic E-state index is -0.795. The summed E-state index contributed by atoms with van der Waals surface area (Å²) >= 11 is 0. The molecule has 1 aromatic carbocycles. The van der Waals surface area contributed by atoms with Crippen molar-refractivity contribution >= 4 is 23.4 Å². The monoisotopic (exact) mass is 279 g/mol. The van der Waals surface area contributed by atoms with Crippen molar-refractivity contribution in [3.63, 3.8) is 0 Å². The molecule has 0 amide bonds. The highest BCUT2D eigenvalue weighted by atomic mass is 16.6. The number of nitrogen functional groups attached to an aromatic ring is 1. The van der Waals surface area contributed by atoms with Crippen LogP contribution >= 0.6 is 0 Å². The van der Waals surface area contributed by atoms with Gasteiger partial charge in [-0.2, -0.15) is 0 Å². The molecule has 0 spiro atoms. The van der Waals surface area contributed by atoms with Gasteiger partial charge in [0.25, 0.3) is 5.69 Å². The number of anilines is 1. The van der Waals surface area contributed by atoms with Crippen LogP contribution in [-0.4, -0.2) is 36.5 Å². The molecule has 0 fully saturated rings. The van der Waals surface area contributed by atoms with E-state index in [0.29, 0.717) is 5.56 Å². The van der Waals surface area contributed by atoms with E-state index in [0.717, 1.165) is 0 Å². The summed E-state index contributed by atoms with van der Waals surface area (Å²) < 4.78 is 4.82. The zero-order valence-corrected chi connectivity index (χ0v) is 11.6. The van der Waals surface area contributed by atoms with Crippen LogP contribution < -0.4 is 5.73 Å². The van der Waals surface area contributed by atoms with Crippen LogP contribution in [0.25, 0.3) is 6.08 Å². The Morgan fingerprint density at radius 1 is 1.50 bits per heavy atom. The molecule has 0 aliphatic carbocycles. The Kier molecular flexibility index (Phi) is 5.08. The van der Waals surface area contributed by atoms with E-state index in [1.54, 1.807) is 38.2 Å². The third-order valence-electron chi connectivity index (χ3n) is 2.46. The second-order valence-electron chi connectivity index (χ2n) is 4.22. The van der Waals surface area contributed by atoms with Crippen LogP contribution in [0.3, 0.4) is 0 Å². The van der Waals surface area contributed by atoms with Gasteiger partial charge < -0.3 is 15.4 Å². The second-order valence-corrected chi connectivity index (χ2v) is 4.22. The van der Waals surface area contributed by atoms with Gasteiger partial charge in [0.05, 0.1) is 22.8 Å². The third kappa shape index (κ3) is 3.47. The predicted octanol–water partition coefficient (Wildman–Crippen LogP) is 1.89. The quantitative estimate of drug-likeness (QED) is 0.382. The largest absolute Gasteiger partial charge is 0.462 e. The number of nitro groups is 1. The summed E-state index contributed by atoms with van der Waals surface area (Å²) in [7, 11) is 3.57. The smallest absolute Gasteiger partial charge is 0.347 e. The van der Waals surface area contributed by atoms with Crippen LogP contribution in [0.4, 0.5) is 11.4 Å². The van der Waals surface area contributed by atoms with E-state index in [1.165, 1.54) is 12.1 Å². The van der Waals surface area contributed by atoms with Crippen LogP contribution in [0.1, 0.15) is 22.8 Å². The first-order chi connectivity index (χ1) is 9.38. The molecule has 0 unspecified atom stereocenters. The number of carbonyl (C=O) groups is 1. The average molecular weight is 279 g/mol. The highest BCUT2D eigenvalue weighted by Crippen LogP contribution is 2.30. The molecule has 0 radical (unpaired) electrons. The molecule has 0 aromatic heterocycles. The molecule has 0 heterocycles. The average Bonchev–Trinajstić information content (AvgIpc) is 2.36. The van der Waals surface area contributed by atoms with Gasteiger partial charge in [-0.05, 0) is 31.3 Å². The van der Waals surface area contributed by atoms with Gasteiger partial charge >= 0.3 is 5.97 Å². The van der Waals surface area contributed by atoms with Crippen molar-refractivity contribution in [2.75, 3.05) is 26.4 Å². The van der Waals surface area contributed by atoms with Crippen LogP contribution in [0, 0.1) is 10.1 Å². The van der Waals surface area contributed by atoms with E-state index in [2.05, 4.69) is 0 Å². The molecule has 1 aromatic rings. The number of nitro benzene ring substituents is 1. The maximum atomic E-state index is 11.8. The predicted molar refractivity (Wildman–Crippen MR) is 76.2 cm³/mol. The Bertz CT molecular complexity index is 553. The number of rotatable bonds is 5. The Morgan fingerprint density at radius 3 is 2.65 bits per heavy atom. The molecule has 1 rings (SSSR count). The van der Waals surface area contributed by atoms with Crippen LogP contribution in [0.2, 0.25) is 0 Å². The number of hydrogen-bond donors (Lipinski definition) is 1. The van der Waals surface area contributed by atoms with Crippen LogP contribution in [0.15, 0.2) is 18.3 Å². The lowest BCUT2D eigenvalue weighted by Crippen LogP contribution is -2.12. The Hall–Kier alpha value is -2.57. The first kappa shape index (κ1) is 15.5. The number of nitrogens with zero attached hydrogens (tertiary/aromatic N) is 2. The number of benzene rings is 1. The van der Waals surface area contributed by atoms with E-state index in [1.807, 2.05) is 0 Å². The summed E-state index contributed by atoms with van der Waals surface area (Å²) in [6.45, 7) is 1.74. The molecule has 0 bridgehead atoms. The summed E-state index contributed by atoms with van der Waals surface area (Å²) in [4.78, 5) is 24.2. The van der Waals surface area contributed by atoms with E-state index >= 15 is 0 Å². The number of ether oxygens (including phenoxy) is 1. The number of nitrogens with two attached hydrogens (primary N) is 1. The zero-order valence-electron chi connectivity index (χ0n) is 11.6. The lowest BCUT2D eigenvalue weighted by Gasteiger charge is -2.09. The van der Waals surface area contributed by atoms with E-state index in [9.17, 15) is 14.9 Å². The molecule has 0 saturated heterocycles. The SMILES string of the molecule is CCOC(=O)c1c(N)ccc(/C=C/N(C)C)c1[N+](=O)[O-]. The van der Waals surface area contributed by atoms with E-state index < -0.39 is 10.9 Å². The van der Waals surface area contributed by atoms with E-state index in [-0.39, 0.29) is 23.5 Å². The van der Waals surface area contributed by atoms with Gasteiger partial charge in [-0.15, -0.1) is 0 Å². The molecular weight excluding hydrogens is 262 g/mol. The van der Waals surface area contributed by atoms with Gasteiger partial charge in [-0.3, -0.25) is 10.1 Å². The van der Waals surface area contributed by atoms with Gasteiger partial charge in [-0.25, -0.2) is 4.79 Å². The zero-order chi connectivity index (χ0) is 15.3. The van der Waals surface area contributed by atoms with Crippen molar-refractivity contribution in [1.29, 1.82) is 0 Å². The fraction of sp³-hybridized carbons (Fsp3) is 0.308. The summed E-state index contributed by atoms with van der Waals surface area (Å²) in [6.07, 6.45) is 3.19. The molecule has 20 heavy (non-hydrogen) atoms. The van der Waals surface area contributed by atoms with Crippen LogP contribution in [-0.2, 0) is 4.74 Å². The first-order valence-corrected chi connectivity index (χ1v) is 5.97. The molecule has 7 nitrogen and oxygen atoms in total. The maximum absolute atomic E-state index is 11.8. The van der Waals surface area contributed by atoms with Crippen LogP contribution in [0.5, 0.6) is 0 Å². The second kappa shape index (κ2) is 6.55. The summed E-state index contributed by atoms with van der Waals surface area (Å²) in [6, 6.07) is 2.95. The lowest BCUT2D eigenvalue weighted by atomic mass is 10.0. The fourth-order valence-electron chi connectivity index (χ4n) is 1.60. The van der Waals surface area contributed by atoms with Gasteiger partial charge in [0.15, 0.2) is 5.56 Å². The van der Waals surface area contributed by atoms with E-state index in [4.69, 9.17) is 10.5 Å². The fourth-order valence-corrected chi connectivity index (χ4v) is 1.60. The summed E-state index contributed by atoms with van der Waals surface area (Å²) in [5.74, 6) is -0.795. The van der Waals surface area contributed by atoms with Crippen molar-refractivity contribution in [3.8, 4) is 0 Å². The van der Waals surface area contributed by atoms with Gasteiger partial charge in [0.1, 0.15) is 0 Å². The molecule has 0 aliphatic heterocycles. The third-order valence-corrected chi connectivity index (χ3v) is 2.46. The minimum absolute atomic E-state index is 0.0251. The molecule has 7 heteroatoms. The highest BCUT2D eigenvalue weighted by Gasteiger charge is 2.27. The van der Waals surface area contributed by atoms with Gasteiger partial charge in [-0.1, -0.05) is 0 Å². The van der Waals surface area contributed by atoms with Crippen molar-refractivity contribution in [2.45, 2.75) is 6.92 Å². The summed E-state index contributed by atoms with van der Waals surface area (Å²) in [5, 5.41) is 11.2. The standard InChI is InChI=1S/C13H17N3O4/c1-4-20-13(17)11-10(14)6-5-9(7-8-15(2)3)12(11)16(18)19/h5-8H,4,14H2,1-3H3/b8-7+.